The number of aromatic nitrogens is 1. The van der Waals surface area contributed by atoms with Gasteiger partial charge in [-0.15, -0.1) is 0 Å². The van der Waals surface area contributed by atoms with Crippen molar-refractivity contribution in [3.8, 4) is 5.75 Å². The predicted molar refractivity (Wildman–Crippen MR) is 107 cm³/mol. The van der Waals surface area contributed by atoms with Crippen molar-refractivity contribution in [3.63, 3.8) is 0 Å². The van der Waals surface area contributed by atoms with Crippen molar-refractivity contribution >= 4 is 5.91 Å². The van der Waals surface area contributed by atoms with E-state index in [-0.39, 0.29) is 12.0 Å². The number of carbonyl (C=O) groups excluding carboxylic acids is 1. The van der Waals surface area contributed by atoms with Gasteiger partial charge in [-0.05, 0) is 61.1 Å². The molecule has 0 N–H and O–H groups in total. The van der Waals surface area contributed by atoms with E-state index in [0.29, 0.717) is 18.4 Å². The topological polar surface area (TPSA) is 51.7 Å². The normalized spacial score (nSPS) is 22.1. The molecule has 5 nitrogen and oxygen atoms in total. The molecule has 1 aliphatic heterocycles. The standard InChI is InChI=1S/C23H28N2O3/c1-27-21-6-2-17(3-7-21)14-20-15-25(23(26)19-4-5-19)13-10-22(20)28-16-18-8-11-24-12-9-18/h2-3,6-9,11-12,19-20,22H,4-5,10,13-16H2,1H3/t20-,22-/m1/s1. The van der Waals surface area contributed by atoms with Crippen molar-refractivity contribution in [2.24, 2.45) is 11.8 Å². The highest BCUT2D eigenvalue weighted by Gasteiger charge is 2.38. The minimum absolute atomic E-state index is 0.151. The molecule has 1 aromatic heterocycles. The second-order valence-corrected chi connectivity index (χ2v) is 7.86. The van der Waals surface area contributed by atoms with Crippen LogP contribution in [0.3, 0.4) is 0 Å². The molecule has 5 heteroatoms. The van der Waals surface area contributed by atoms with Gasteiger partial charge in [0.2, 0.25) is 5.91 Å². The van der Waals surface area contributed by atoms with Crippen molar-refractivity contribution in [2.75, 3.05) is 20.2 Å². The largest absolute Gasteiger partial charge is 0.497 e. The Bertz CT molecular complexity index is 774. The van der Waals surface area contributed by atoms with Crippen LogP contribution in [0.5, 0.6) is 5.75 Å². The van der Waals surface area contributed by atoms with Crippen LogP contribution in [0.25, 0.3) is 0 Å². The zero-order chi connectivity index (χ0) is 19.3. The van der Waals surface area contributed by atoms with E-state index in [2.05, 4.69) is 22.0 Å². The number of rotatable bonds is 7. The Morgan fingerprint density at radius 1 is 1.07 bits per heavy atom. The second kappa shape index (κ2) is 8.74. The average molecular weight is 380 g/mol. The number of hydrogen-bond donors (Lipinski definition) is 0. The Morgan fingerprint density at radius 2 is 1.82 bits per heavy atom. The first-order valence-electron chi connectivity index (χ1n) is 10.1. The Kier molecular flexibility index (Phi) is 5.91. The molecule has 1 aliphatic carbocycles. The molecule has 1 amide bonds. The molecule has 4 rings (SSSR count). The number of carbonyl (C=O) groups is 1. The fourth-order valence-corrected chi connectivity index (χ4v) is 3.96. The number of pyridine rings is 1. The van der Waals surface area contributed by atoms with Gasteiger partial charge in [0.25, 0.3) is 0 Å². The van der Waals surface area contributed by atoms with Crippen LogP contribution in [0, 0.1) is 11.8 Å². The molecule has 2 atom stereocenters. The summed E-state index contributed by atoms with van der Waals surface area (Å²) < 4.78 is 11.6. The van der Waals surface area contributed by atoms with E-state index < -0.39 is 0 Å². The van der Waals surface area contributed by atoms with Crippen LogP contribution in [0.2, 0.25) is 0 Å². The van der Waals surface area contributed by atoms with Crippen LogP contribution in [0.4, 0.5) is 0 Å². The van der Waals surface area contributed by atoms with Gasteiger partial charge in [0.1, 0.15) is 5.75 Å². The summed E-state index contributed by atoms with van der Waals surface area (Å²) in [6.07, 6.45) is 7.65. The quantitative estimate of drug-likeness (QED) is 0.738. The number of methoxy groups -OCH3 is 1. The predicted octanol–water partition coefficient (Wildman–Crippen LogP) is 3.48. The molecule has 2 aliphatic rings. The Hall–Kier alpha value is -2.40. The number of nitrogens with zero attached hydrogens (tertiary/aromatic N) is 2. The number of benzene rings is 1. The van der Waals surface area contributed by atoms with Crippen LogP contribution in [0.15, 0.2) is 48.8 Å². The summed E-state index contributed by atoms with van der Waals surface area (Å²) in [6.45, 7) is 2.17. The Labute approximate surface area is 166 Å². The summed E-state index contributed by atoms with van der Waals surface area (Å²) in [6, 6.07) is 12.2. The fraction of sp³-hybridized carbons (Fsp3) is 0.478. The Balaban J connectivity index is 1.43. The molecule has 2 aromatic rings. The number of piperidine rings is 1. The van der Waals surface area contributed by atoms with Crippen LogP contribution < -0.4 is 4.74 Å². The zero-order valence-electron chi connectivity index (χ0n) is 16.4. The molecule has 1 saturated carbocycles. The lowest BCUT2D eigenvalue weighted by Gasteiger charge is -2.39. The van der Waals surface area contributed by atoms with Crippen molar-refractivity contribution in [2.45, 2.75) is 38.4 Å². The lowest BCUT2D eigenvalue weighted by Crippen LogP contribution is -2.48. The van der Waals surface area contributed by atoms with Crippen molar-refractivity contribution in [1.29, 1.82) is 0 Å². The van der Waals surface area contributed by atoms with Gasteiger partial charge in [-0.25, -0.2) is 0 Å². The highest BCUT2D eigenvalue weighted by molar-refractivity contribution is 5.81. The molecule has 148 valence electrons. The van der Waals surface area contributed by atoms with Gasteiger partial charge < -0.3 is 14.4 Å². The monoisotopic (exact) mass is 380 g/mol. The van der Waals surface area contributed by atoms with E-state index in [1.54, 1.807) is 19.5 Å². The van der Waals surface area contributed by atoms with E-state index in [1.807, 2.05) is 24.3 Å². The molecule has 1 aromatic carbocycles. The minimum Gasteiger partial charge on any atom is -0.497 e. The maximum atomic E-state index is 12.6. The maximum Gasteiger partial charge on any atom is 0.225 e. The number of ether oxygens (including phenoxy) is 2. The van der Waals surface area contributed by atoms with Gasteiger partial charge in [0.05, 0.1) is 19.8 Å². The first-order valence-corrected chi connectivity index (χ1v) is 10.1. The van der Waals surface area contributed by atoms with Gasteiger partial charge in [-0.1, -0.05) is 12.1 Å². The second-order valence-electron chi connectivity index (χ2n) is 7.86. The smallest absolute Gasteiger partial charge is 0.225 e. The summed E-state index contributed by atoms with van der Waals surface area (Å²) in [7, 11) is 1.68. The van der Waals surface area contributed by atoms with Crippen LogP contribution in [0.1, 0.15) is 30.4 Å². The third kappa shape index (κ3) is 4.71. The van der Waals surface area contributed by atoms with Crippen molar-refractivity contribution in [3.05, 3.63) is 59.9 Å². The van der Waals surface area contributed by atoms with Crippen molar-refractivity contribution < 1.29 is 14.3 Å². The first-order chi connectivity index (χ1) is 13.7. The highest BCUT2D eigenvalue weighted by Crippen LogP contribution is 2.34. The van der Waals surface area contributed by atoms with Gasteiger partial charge in [-0.2, -0.15) is 0 Å². The molecule has 0 radical (unpaired) electrons. The number of amides is 1. The van der Waals surface area contributed by atoms with Crippen LogP contribution in [-0.2, 0) is 22.6 Å². The number of likely N-dealkylation sites (tertiary alicyclic amines) is 1. The third-order valence-electron chi connectivity index (χ3n) is 5.77. The lowest BCUT2D eigenvalue weighted by atomic mass is 9.88. The van der Waals surface area contributed by atoms with E-state index in [0.717, 1.165) is 50.1 Å². The molecule has 1 saturated heterocycles. The van der Waals surface area contributed by atoms with Crippen LogP contribution >= 0.6 is 0 Å². The molecule has 2 heterocycles. The average Bonchev–Trinajstić information content (AvgIpc) is 3.59. The highest BCUT2D eigenvalue weighted by atomic mass is 16.5. The van der Waals surface area contributed by atoms with E-state index in [4.69, 9.17) is 9.47 Å². The molecule has 28 heavy (non-hydrogen) atoms. The molecule has 2 fully saturated rings. The fourth-order valence-electron chi connectivity index (χ4n) is 3.96. The minimum atomic E-state index is 0.151. The SMILES string of the molecule is COc1ccc(C[C@@H]2CN(C(=O)C3CC3)CC[C@H]2OCc2ccncc2)cc1. The maximum absolute atomic E-state index is 12.6. The summed E-state index contributed by atoms with van der Waals surface area (Å²) in [5, 5.41) is 0. The van der Waals surface area contributed by atoms with Crippen molar-refractivity contribution in [1.82, 2.24) is 9.88 Å². The lowest BCUT2D eigenvalue weighted by molar-refractivity contribution is -0.138. The van der Waals surface area contributed by atoms with E-state index >= 15 is 0 Å². The molecular formula is C23H28N2O3. The van der Waals surface area contributed by atoms with E-state index in [9.17, 15) is 4.79 Å². The molecule has 0 spiro atoms. The summed E-state index contributed by atoms with van der Waals surface area (Å²) >= 11 is 0. The third-order valence-corrected chi connectivity index (χ3v) is 5.77. The molecular weight excluding hydrogens is 352 g/mol. The molecule has 0 bridgehead atoms. The summed E-state index contributed by atoms with van der Waals surface area (Å²) in [5.41, 5.74) is 2.39. The Morgan fingerprint density at radius 3 is 2.50 bits per heavy atom. The van der Waals surface area contributed by atoms with E-state index in [1.165, 1.54) is 5.56 Å². The van der Waals surface area contributed by atoms with Gasteiger partial charge in [0, 0.05) is 37.3 Å². The summed E-state index contributed by atoms with van der Waals surface area (Å²) in [4.78, 5) is 18.7. The summed E-state index contributed by atoms with van der Waals surface area (Å²) in [5.74, 6) is 1.78. The first kappa shape index (κ1) is 18.9. The van der Waals surface area contributed by atoms with Crippen LogP contribution in [-0.4, -0.2) is 42.1 Å². The van der Waals surface area contributed by atoms with Gasteiger partial charge in [0.15, 0.2) is 0 Å². The van der Waals surface area contributed by atoms with Gasteiger partial charge >= 0.3 is 0 Å². The number of hydrogen-bond acceptors (Lipinski definition) is 4. The van der Waals surface area contributed by atoms with Gasteiger partial charge in [-0.3, -0.25) is 9.78 Å². The molecule has 0 unspecified atom stereocenters. The zero-order valence-corrected chi connectivity index (χ0v) is 16.4.